The van der Waals surface area contributed by atoms with E-state index in [-0.39, 0.29) is 11.5 Å². The number of aromatic hydroxyl groups is 1. The summed E-state index contributed by atoms with van der Waals surface area (Å²) in [5.41, 5.74) is 4.67. The fraction of sp³-hybridized carbons (Fsp3) is 0.640. The molecule has 2 aliphatic heterocycles. The van der Waals surface area contributed by atoms with Crippen LogP contribution in [0.5, 0.6) is 5.75 Å². The lowest BCUT2D eigenvalue weighted by molar-refractivity contribution is -0.149. The molecule has 0 radical (unpaired) electrons. The van der Waals surface area contributed by atoms with Crippen LogP contribution >= 0.6 is 11.3 Å². The first-order valence-corrected chi connectivity index (χ1v) is 12.9. The molecule has 0 amide bonds. The van der Waals surface area contributed by atoms with Crippen LogP contribution in [0.2, 0.25) is 0 Å². The SMILES string of the molecule is Oc1ccc2c(c1)C13CCN(CCc4cscn4)CCC1(O)C(C2)N(CC1CC1)CC3. The molecule has 2 aromatic rings. The van der Waals surface area contributed by atoms with Gasteiger partial charge in [-0.3, -0.25) is 4.90 Å². The lowest BCUT2D eigenvalue weighted by Gasteiger charge is -2.61. The predicted octanol–water partition coefficient (Wildman–Crippen LogP) is 3.20. The zero-order valence-corrected chi connectivity index (χ0v) is 19.0. The topological polar surface area (TPSA) is 59.8 Å². The fourth-order valence-corrected chi connectivity index (χ4v) is 7.36. The molecule has 6 heteroatoms. The summed E-state index contributed by atoms with van der Waals surface area (Å²) in [4.78, 5) is 9.61. The summed E-state index contributed by atoms with van der Waals surface area (Å²) in [7, 11) is 0. The van der Waals surface area contributed by atoms with Gasteiger partial charge in [-0.1, -0.05) is 6.07 Å². The van der Waals surface area contributed by atoms with E-state index in [1.165, 1.54) is 29.7 Å². The molecule has 6 rings (SSSR count). The van der Waals surface area contributed by atoms with Gasteiger partial charge in [-0.25, -0.2) is 4.98 Å². The summed E-state index contributed by atoms with van der Waals surface area (Å²) >= 11 is 1.66. The molecule has 3 fully saturated rings. The van der Waals surface area contributed by atoms with E-state index >= 15 is 0 Å². The molecule has 166 valence electrons. The van der Waals surface area contributed by atoms with E-state index in [0.29, 0.717) is 5.75 Å². The second-order valence-corrected chi connectivity index (χ2v) is 11.0. The predicted molar refractivity (Wildman–Crippen MR) is 123 cm³/mol. The normalized spacial score (nSPS) is 33.5. The molecule has 1 saturated carbocycles. The molecule has 4 aliphatic rings. The van der Waals surface area contributed by atoms with Crippen LogP contribution in [0.15, 0.2) is 29.1 Å². The second kappa shape index (κ2) is 7.55. The molecule has 2 N–H and O–H groups in total. The van der Waals surface area contributed by atoms with Crippen molar-refractivity contribution in [1.82, 2.24) is 14.8 Å². The average molecular weight is 440 g/mol. The summed E-state index contributed by atoms with van der Waals surface area (Å²) in [6, 6.07) is 6.11. The number of fused-ring (bicyclic) bond motifs is 1. The highest BCUT2D eigenvalue weighted by molar-refractivity contribution is 7.07. The van der Waals surface area contributed by atoms with Crippen molar-refractivity contribution in [3.63, 3.8) is 0 Å². The Balaban J connectivity index is 1.33. The lowest BCUT2D eigenvalue weighted by atomic mass is 9.52. The molecule has 2 bridgehead atoms. The largest absolute Gasteiger partial charge is 0.508 e. The third kappa shape index (κ3) is 3.34. The maximum Gasteiger partial charge on any atom is 0.115 e. The zero-order valence-electron chi connectivity index (χ0n) is 18.2. The molecule has 1 aromatic carbocycles. The number of piperidine rings is 1. The van der Waals surface area contributed by atoms with Gasteiger partial charge >= 0.3 is 0 Å². The Bertz CT molecular complexity index is 946. The number of rotatable bonds is 5. The van der Waals surface area contributed by atoms with Gasteiger partial charge in [0.1, 0.15) is 5.75 Å². The standard InChI is InChI=1S/C25H33N3O2S/c29-21-4-3-19-13-23-25(30)8-11-27(9-5-20-16-31-17-26-20)10-6-24(25,22(19)14-21)7-12-28(23)15-18-1-2-18/h3-4,14,16-18,23,29-30H,1-2,5-13,15H2. The molecule has 5 nitrogen and oxygen atoms in total. The third-order valence-corrected chi connectivity index (χ3v) is 9.33. The van der Waals surface area contributed by atoms with Crippen molar-refractivity contribution in [2.45, 2.75) is 62.0 Å². The van der Waals surface area contributed by atoms with E-state index in [4.69, 9.17) is 0 Å². The lowest BCUT2D eigenvalue weighted by Crippen LogP contribution is -2.71. The Morgan fingerprint density at radius 3 is 2.77 bits per heavy atom. The van der Waals surface area contributed by atoms with Crippen LogP contribution in [-0.2, 0) is 18.3 Å². The molecule has 1 aromatic heterocycles. The Labute approximate surface area is 188 Å². The van der Waals surface area contributed by atoms with Crippen LogP contribution in [-0.4, -0.2) is 69.4 Å². The number of aliphatic hydroxyl groups is 1. The summed E-state index contributed by atoms with van der Waals surface area (Å²) in [5.74, 6) is 1.16. The minimum Gasteiger partial charge on any atom is -0.508 e. The first-order chi connectivity index (χ1) is 15.1. The van der Waals surface area contributed by atoms with Gasteiger partial charge in [-0.05, 0) is 80.8 Å². The first kappa shape index (κ1) is 20.2. The molecule has 31 heavy (non-hydrogen) atoms. The Hall–Kier alpha value is -1.47. The number of thiazole rings is 1. The fourth-order valence-electron chi connectivity index (χ4n) is 6.77. The number of nitrogens with zero attached hydrogens (tertiary/aromatic N) is 3. The van der Waals surface area contributed by atoms with Crippen LogP contribution in [0.3, 0.4) is 0 Å². The molecule has 2 aliphatic carbocycles. The number of aromatic nitrogens is 1. The third-order valence-electron chi connectivity index (χ3n) is 8.69. The number of phenols is 1. The van der Waals surface area contributed by atoms with Gasteiger partial charge in [0.15, 0.2) is 0 Å². The van der Waals surface area contributed by atoms with Gasteiger partial charge in [-0.15, -0.1) is 11.3 Å². The van der Waals surface area contributed by atoms with E-state index in [1.54, 1.807) is 11.3 Å². The molecule has 3 unspecified atom stereocenters. The van der Waals surface area contributed by atoms with Gasteiger partial charge in [0.05, 0.1) is 16.8 Å². The number of likely N-dealkylation sites (tertiary alicyclic amines) is 2. The van der Waals surface area contributed by atoms with Crippen LogP contribution in [0, 0.1) is 5.92 Å². The molecule has 3 heterocycles. The van der Waals surface area contributed by atoms with Crippen LogP contribution < -0.4 is 0 Å². The van der Waals surface area contributed by atoms with E-state index < -0.39 is 5.60 Å². The van der Waals surface area contributed by atoms with Crippen molar-refractivity contribution in [2.24, 2.45) is 5.92 Å². The average Bonchev–Trinajstić information content (AvgIpc) is 3.46. The minimum absolute atomic E-state index is 0.192. The second-order valence-electron chi connectivity index (χ2n) is 10.3. The molecular weight excluding hydrogens is 406 g/mol. The van der Waals surface area contributed by atoms with Crippen molar-refractivity contribution in [1.29, 1.82) is 0 Å². The zero-order chi connectivity index (χ0) is 21.1. The van der Waals surface area contributed by atoms with Gasteiger partial charge < -0.3 is 15.1 Å². The van der Waals surface area contributed by atoms with Crippen LogP contribution in [0.1, 0.15) is 48.9 Å². The Kier molecular flexibility index (Phi) is 4.91. The minimum atomic E-state index is -0.726. The maximum atomic E-state index is 12.5. The quantitative estimate of drug-likeness (QED) is 0.749. The Morgan fingerprint density at radius 2 is 1.97 bits per heavy atom. The number of hydrogen-bond acceptors (Lipinski definition) is 6. The van der Waals surface area contributed by atoms with E-state index in [9.17, 15) is 10.2 Å². The van der Waals surface area contributed by atoms with Crippen LogP contribution in [0.4, 0.5) is 0 Å². The molecule has 0 spiro atoms. The van der Waals surface area contributed by atoms with E-state index in [0.717, 1.165) is 70.7 Å². The summed E-state index contributed by atoms with van der Waals surface area (Å²) in [5, 5.41) is 25.0. The highest BCUT2D eigenvalue weighted by Gasteiger charge is 2.63. The summed E-state index contributed by atoms with van der Waals surface area (Å²) in [6.45, 7) is 5.14. The first-order valence-electron chi connectivity index (χ1n) is 12.0. The van der Waals surface area contributed by atoms with Crippen molar-refractivity contribution >= 4 is 11.3 Å². The van der Waals surface area contributed by atoms with Gasteiger partial charge in [0.2, 0.25) is 0 Å². The smallest absolute Gasteiger partial charge is 0.115 e. The highest BCUT2D eigenvalue weighted by Crippen LogP contribution is 2.56. The van der Waals surface area contributed by atoms with Crippen LogP contribution in [0.25, 0.3) is 0 Å². The van der Waals surface area contributed by atoms with Crippen molar-refractivity contribution in [3.8, 4) is 5.75 Å². The van der Waals surface area contributed by atoms with Gasteiger partial charge in [0, 0.05) is 42.9 Å². The summed E-state index contributed by atoms with van der Waals surface area (Å²) in [6.07, 6.45) is 7.34. The van der Waals surface area contributed by atoms with E-state index in [1.807, 2.05) is 17.6 Å². The monoisotopic (exact) mass is 439 g/mol. The number of benzene rings is 1. The number of hydrogen-bond donors (Lipinski definition) is 2. The maximum absolute atomic E-state index is 12.5. The number of phenolic OH excluding ortho intramolecular Hbond substituents is 1. The molecule has 2 saturated heterocycles. The molecular formula is C25H33N3O2S. The van der Waals surface area contributed by atoms with Gasteiger partial charge in [-0.2, -0.15) is 0 Å². The van der Waals surface area contributed by atoms with Crippen molar-refractivity contribution < 1.29 is 10.2 Å². The highest BCUT2D eigenvalue weighted by atomic mass is 32.1. The Morgan fingerprint density at radius 1 is 1.13 bits per heavy atom. The van der Waals surface area contributed by atoms with E-state index in [2.05, 4.69) is 26.2 Å². The van der Waals surface area contributed by atoms with Crippen molar-refractivity contribution in [3.05, 3.63) is 45.9 Å². The van der Waals surface area contributed by atoms with Crippen molar-refractivity contribution in [2.75, 3.05) is 32.7 Å². The van der Waals surface area contributed by atoms with Gasteiger partial charge in [0.25, 0.3) is 0 Å². The molecule has 3 atom stereocenters. The summed E-state index contributed by atoms with van der Waals surface area (Å²) < 4.78 is 0.